The summed E-state index contributed by atoms with van der Waals surface area (Å²) in [5.74, 6) is 0.835. The molecule has 2 aliphatic heterocycles. The first-order valence-electron chi connectivity index (χ1n) is 15.1. The molecule has 0 bridgehead atoms. The van der Waals surface area contributed by atoms with Crippen molar-refractivity contribution >= 4 is 29.4 Å². The van der Waals surface area contributed by atoms with Crippen LogP contribution in [-0.2, 0) is 9.59 Å². The fourth-order valence-electron chi connectivity index (χ4n) is 6.36. The first-order chi connectivity index (χ1) is 20.0. The van der Waals surface area contributed by atoms with Gasteiger partial charge in [0.25, 0.3) is 0 Å². The van der Waals surface area contributed by atoms with Crippen LogP contribution in [0.1, 0.15) is 45.4 Å². The van der Waals surface area contributed by atoms with E-state index >= 15 is 0 Å². The average molecular weight is 563 g/mol. The zero-order valence-corrected chi connectivity index (χ0v) is 24.0. The third-order valence-corrected chi connectivity index (χ3v) is 8.49. The number of urea groups is 1. The molecule has 2 aromatic rings. The highest BCUT2D eigenvalue weighted by Gasteiger charge is 2.47. The van der Waals surface area contributed by atoms with Gasteiger partial charge in [0.05, 0.1) is 18.2 Å². The summed E-state index contributed by atoms with van der Waals surface area (Å²) < 4.78 is 5.72. The molecule has 3 aliphatic rings. The lowest BCUT2D eigenvalue weighted by Crippen LogP contribution is -2.50. The number of anilines is 2. The number of piperazine rings is 1. The van der Waals surface area contributed by atoms with E-state index in [-0.39, 0.29) is 29.8 Å². The monoisotopic (exact) mass is 562 g/mol. The van der Waals surface area contributed by atoms with Gasteiger partial charge >= 0.3 is 6.03 Å². The SMILES string of the molecule is CCOc1ccccc1NC(=O)N1CCCCCCNC(=O)[C@H]2C[C@H](C(=O)N3CCN(c4ccccn4)CC3)C[C@H]21. The van der Waals surface area contributed by atoms with Crippen LogP contribution >= 0.6 is 0 Å². The Kier molecular flexibility index (Phi) is 9.59. The minimum atomic E-state index is -0.426. The highest BCUT2D eigenvalue weighted by atomic mass is 16.5. The summed E-state index contributed by atoms with van der Waals surface area (Å²) >= 11 is 0. The van der Waals surface area contributed by atoms with Crippen LogP contribution in [0.15, 0.2) is 48.7 Å². The van der Waals surface area contributed by atoms with E-state index in [4.69, 9.17) is 4.74 Å². The number of fused-ring (bicyclic) bond motifs is 1. The van der Waals surface area contributed by atoms with E-state index in [0.29, 0.717) is 57.1 Å². The normalized spacial score (nSPS) is 23.7. The Hall–Kier alpha value is -3.82. The van der Waals surface area contributed by atoms with E-state index in [1.165, 1.54) is 0 Å². The van der Waals surface area contributed by atoms with E-state index in [2.05, 4.69) is 20.5 Å². The molecule has 5 rings (SSSR count). The Morgan fingerprint density at radius 2 is 1.76 bits per heavy atom. The molecule has 2 saturated heterocycles. The zero-order chi connectivity index (χ0) is 28.6. The van der Waals surface area contributed by atoms with Gasteiger partial charge in [-0.25, -0.2) is 9.78 Å². The highest BCUT2D eigenvalue weighted by molar-refractivity contribution is 5.92. The Morgan fingerprint density at radius 1 is 0.976 bits per heavy atom. The first kappa shape index (κ1) is 28.7. The third-order valence-electron chi connectivity index (χ3n) is 8.49. The van der Waals surface area contributed by atoms with E-state index in [1.807, 2.05) is 59.2 Å². The lowest BCUT2D eigenvalue weighted by atomic mass is 10.00. The Morgan fingerprint density at radius 3 is 2.54 bits per heavy atom. The van der Waals surface area contributed by atoms with Gasteiger partial charge in [-0.3, -0.25) is 9.59 Å². The van der Waals surface area contributed by atoms with Crippen molar-refractivity contribution in [2.45, 2.75) is 51.5 Å². The van der Waals surface area contributed by atoms with Crippen LogP contribution in [-0.4, -0.2) is 84.5 Å². The second-order valence-electron chi connectivity index (χ2n) is 11.1. The maximum absolute atomic E-state index is 13.8. The molecule has 3 fully saturated rings. The Labute approximate surface area is 242 Å². The summed E-state index contributed by atoms with van der Waals surface area (Å²) in [6.07, 6.45) is 6.48. The fraction of sp³-hybridized carbons (Fsp3) is 0.548. The van der Waals surface area contributed by atoms with Crippen LogP contribution < -0.4 is 20.3 Å². The van der Waals surface area contributed by atoms with Crippen LogP contribution in [0.5, 0.6) is 5.75 Å². The second-order valence-corrected chi connectivity index (χ2v) is 11.1. The first-order valence-corrected chi connectivity index (χ1v) is 15.1. The summed E-state index contributed by atoms with van der Waals surface area (Å²) in [7, 11) is 0. The van der Waals surface area contributed by atoms with Crippen molar-refractivity contribution in [2.75, 3.05) is 56.1 Å². The number of rotatable bonds is 5. The van der Waals surface area contributed by atoms with Gasteiger partial charge in [-0.15, -0.1) is 0 Å². The number of aromatic nitrogens is 1. The number of carbonyl (C=O) groups excluding carboxylic acids is 3. The molecular formula is C31H42N6O4. The summed E-state index contributed by atoms with van der Waals surface area (Å²) in [6, 6.07) is 12.6. The van der Waals surface area contributed by atoms with E-state index in [0.717, 1.165) is 44.6 Å². The predicted molar refractivity (Wildman–Crippen MR) is 158 cm³/mol. The maximum atomic E-state index is 13.8. The number of carbonyl (C=O) groups is 3. The molecular weight excluding hydrogens is 520 g/mol. The number of nitrogens with one attached hydrogen (secondary N) is 2. The van der Waals surface area contributed by atoms with E-state index < -0.39 is 5.92 Å². The van der Waals surface area contributed by atoms with Crippen molar-refractivity contribution in [3.05, 3.63) is 48.7 Å². The van der Waals surface area contributed by atoms with Gasteiger partial charge in [-0.05, 0) is 56.9 Å². The molecule has 10 nitrogen and oxygen atoms in total. The molecule has 0 unspecified atom stereocenters. The van der Waals surface area contributed by atoms with Crippen LogP contribution in [0.25, 0.3) is 0 Å². The number of amides is 4. The van der Waals surface area contributed by atoms with Gasteiger partial charge in [0.1, 0.15) is 11.6 Å². The van der Waals surface area contributed by atoms with Crippen LogP contribution in [0.3, 0.4) is 0 Å². The predicted octanol–water partition coefficient (Wildman–Crippen LogP) is 3.75. The van der Waals surface area contributed by atoms with Crippen LogP contribution in [0.4, 0.5) is 16.3 Å². The largest absolute Gasteiger partial charge is 0.492 e. The Bertz CT molecular complexity index is 1190. The van der Waals surface area contributed by atoms with E-state index in [9.17, 15) is 14.4 Å². The third kappa shape index (κ3) is 6.92. The lowest BCUT2D eigenvalue weighted by molar-refractivity contribution is -0.135. The van der Waals surface area contributed by atoms with Gasteiger partial charge < -0.3 is 30.1 Å². The van der Waals surface area contributed by atoms with Crippen molar-refractivity contribution < 1.29 is 19.1 Å². The molecule has 1 aromatic carbocycles. The molecule has 220 valence electrons. The smallest absolute Gasteiger partial charge is 0.322 e. The number of hydrogen-bond acceptors (Lipinski definition) is 6. The number of hydrogen-bond donors (Lipinski definition) is 2. The quantitative estimate of drug-likeness (QED) is 0.575. The molecule has 41 heavy (non-hydrogen) atoms. The maximum Gasteiger partial charge on any atom is 0.322 e. The summed E-state index contributed by atoms with van der Waals surface area (Å²) in [6.45, 7) is 6.24. The Balaban J connectivity index is 1.31. The molecule has 1 aromatic heterocycles. The lowest BCUT2D eigenvalue weighted by Gasteiger charge is -2.36. The van der Waals surface area contributed by atoms with Gasteiger partial charge in [-0.2, -0.15) is 0 Å². The van der Waals surface area contributed by atoms with Crippen molar-refractivity contribution in [1.82, 2.24) is 20.1 Å². The van der Waals surface area contributed by atoms with Crippen molar-refractivity contribution in [3.8, 4) is 5.75 Å². The number of para-hydroxylation sites is 2. The minimum Gasteiger partial charge on any atom is -0.492 e. The summed E-state index contributed by atoms with van der Waals surface area (Å²) in [5, 5.41) is 6.14. The number of pyridine rings is 1. The topological polar surface area (TPSA) is 107 Å². The van der Waals surface area contributed by atoms with E-state index in [1.54, 1.807) is 6.20 Å². The molecule has 0 spiro atoms. The van der Waals surface area contributed by atoms with Crippen molar-refractivity contribution in [2.24, 2.45) is 11.8 Å². The van der Waals surface area contributed by atoms with Crippen LogP contribution in [0, 0.1) is 11.8 Å². The molecule has 10 heteroatoms. The van der Waals surface area contributed by atoms with Gasteiger partial charge in [0, 0.05) is 57.4 Å². The van der Waals surface area contributed by atoms with Gasteiger partial charge in [-0.1, -0.05) is 31.0 Å². The molecule has 4 amide bonds. The average Bonchev–Trinajstić information content (AvgIpc) is 3.43. The van der Waals surface area contributed by atoms with Gasteiger partial charge in [0.2, 0.25) is 11.8 Å². The highest BCUT2D eigenvalue weighted by Crippen LogP contribution is 2.38. The second kappa shape index (κ2) is 13.7. The van der Waals surface area contributed by atoms with Crippen molar-refractivity contribution in [3.63, 3.8) is 0 Å². The number of benzene rings is 1. The van der Waals surface area contributed by atoms with Gasteiger partial charge in [0.15, 0.2) is 0 Å². The molecule has 1 aliphatic carbocycles. The zero-order valence-electron chi connectivity index (χ0n) is 24.0. The van der Waals surface area contributed by atoms with Crippen LogP contribution in [0.2, 0.25) is 0 Å². The molecule has 3 atom stereocenters. The number of nitrogens with zero attached hydrogens (tertiary/aromatic N) is 4. The summed E-state index contributed by atoms with van der Waals surface area (Å²) in [5.41, 5.74) is 0.603. The fourth-order valence-corrected chi connectivity index (χ4v) is 6.36. The van der Waals surface area contributed by atoms with Crippen molar-refractivity contribution in [1.29, 1.82) is 0 Å². The summed E-state index contributed by atoms with van der Waals surface area (Å²) in [4.78, 5) is 51.3. The molecule has 1 saturated carbocycles. The number of ether oxygens (including phenoxy) is 1. The molecule has 3 heterocycles. The molecule has 0 radical (unpaired) electrons. The minimum absolute atomic E-state index is 0.0558. The standard InChI is InChI=1S/C31H42N6O4/c1-2-41-27-12-6-5-11-25(27)34-31(40)37-16-10-4-3-8-15-33-29(38)24-21-23(22-26(24)37)30(39)36-19-17-35(18-20-36)28-13-7-9-14-32-28/h5-7,9,11-14,23-24,26H,2-4,8,10,15-22H2,1H3,(H,33,38)(H,34,40)/t23-,24-,26+/m0/s1. The molecule has 2 N–H and O–H groups in total.